The average Bonchev–Trinajstić information content (AvgIpc) is 2.24. The van der Waals surface area contributed by atoms with E-state index in [0.29, 0.717) is 17.5 Å². The third kappa shape index (κ3) is 5.37. The molecule has 1 aliphatic rings. The van der Waals surface area contributed by atoms with E-state index in [4.69, 9.17) is 5.11 Å². The highest BCUT2D eigenvalue weighted by Crippen LogP contribution is 2.22. The molecular formula is C10H18FNO2S. The number of carboxylic acid groups (broad SMARTS) is 1. The Labute approximate surface area is 94.0 Å². The van der Waals surface area contributed by atoms with Crippen LogP contribution in [0.4, 0.5) is 4.39 Å². The van der Waals surface area contributed by atoms with E-state index in [1.54, 1.807) is 11.8 Å². The van der Waals surface area contributed by atoms with Crippen molar-refractivity contribution in [2.75, 3.05) is 32.1 Å². The van der Waals surface area contributed by atoms with Gasteiger partial charge < -0.3 is 10.0 Å². The number of hydrogen-bond donors (Lipinski definition) is 1. The minimum Gasteiger partial charge on any atom is -0.481 e. The van der Waals surface area contributed by atoms with E-state index in [-0.39, 0.29) is 13.1 Å². The molecule has 0 aromatic rings. The lowest BCUT2D eigenvalue weighted by Gasteiger charge is -2.31. The van der Waals surface area contributed by atoms with Crippen molar-refractivity contribution in [2.45, 2.75) is 24.5 Å². The van der Waals surface area contributed by atoms with Gasteiger partial charge in [-0.05, 0) is 19.4 Å². The molecule has 1 atom stereocenters. The molecule has 0 aromatic carbocycles. The molecular weight excluding hydrogens is 217 g/mol. The van der Waals surface area contributed by atoms with Crippen LogP contribution in [0, 0.1) is 0 Å². The Morgan fingerprint density at radius 2 is 2.40 bits per heavy atom. The Morgan fingerprint density at radius 1 is 1.60 bits per heavy atom. The van der Waals surface area contributed by atoms with Gasteiger partial charge in [0.05, 0.1) is 13.1 Å². The van der Waals surface area contributed by atoms with Gasteiger partial charge in [-0.1, -0.05) is 0 Å². The van der Waals surface area contributed by atoms with E-state index in [1.807, 2.05) is 0 Å². The van der Waals surface area contributed by atoms with Crippen molar-refractivity contribution >= 4 is 17.7 Å². The molecule has 0 spiro atoms. The van der Waals surface area contributed by atoms with Gasteiger partial charge in [0, 0.05) is 24.1 Å². The first-order valence-electron chi connectivity index (χ1n) is 5.34. The van der Waals surface area contributed by atoms with E-state index < -0.39 is 5.97 Å². The molecule has 0 radical (unpaired) electrons. The van der Waals surface area contributed by atoms with Crippen LogP contribution >= 0.6 is 11.8 Å². The van der Waals surface area contributed by atoms with Gasteiger partial charge >= 0.3 is 5.97 Å². The van der Waals surface area contributed by atoms with Crippen LogP contribution in [-0.2, 0) is 4.79 Å². The largest absolute Gasteiger partial charge is 0.481 e. The van der Waals surface area contributed by atoms with Crippen LogP contribution in [0.3, 0.4) is 0 Å². The van der Waals surface area contributed by atoms with E-state index >= 15 is 0 Å². The highest BCUT2D eigenvalue weighted by atomic mass is 32.2. The molecule has 1 heterocycles. The van der Waals surface area contributed by atoms with Crippen LogP contribution < -0.4 is 0 Å². The van der Waals surface area contributed by atoms with Crippen molar-refractivity contribution in [3.63, 3.8) is 0 Å². The fourth-order valence-electron chi connectivity index (χ4n) is 1.82. The molecule has 0 aliphatic carbocycles. The Kier molecular flexibility index (Phi) is 6.02. The average molecular weight is 235 g/mol. The van der Waals surface area contributed by atoms with E-state index in [2.05, 4.69) is 4.90 Å². The summed E-state index contributed by atoms with van der Waals surface area (Å²) in [6.45, 7) is 2.26. The molecule has 1 rings (SSSR count). The van der Waals surface area contributed by atoms with Gasteiger partial charge in [-0.2, -0.15) is 11.8 Å². The molecule has 0 aromatic heterocycles. The maximum atomic E-state index is 12.0. The zero-order valence-electron chi connectivity index (χ0n) is 8.82. The number of thioether (sulfide) groups is 1. The van der Waals surface area contributed by atoms with Crippen molar-refractivity contribution in [2.24, 2.45) is 0 Å². The zero-order chi connectivity index (χ0) is 11.1. The van der Waals surface area contributed by atoms with Crippen LogP contribution in [0.5, 0.6) is 0 Å². The number of rotatable bonds is 6. The van der Waals surface area contributed by atoms with Crippen molar-refractivity contribution in [3.8, 4) is 0 Å². The molecule has 0 amide bonds. The summed E-state index contributed by atoms with van der Waals surface area (Å²) >= 11 is 1.67. The molecule has 1 saturated heterocycles. The molecule has 15 heavy (non-hydrogen) atoms. The van der Waals surface area contributed by atoms with Gasteiger partial charge in [0.25, 0.3) is 0 Å². The first-order chi connectivity index (χ1) is 7.22. The lowest BCUT2D eigenvalue weighted by atomic mass is 10.1. The van der Waals surface area contributed by atoms with Crippen LogP contribution in [-0.4, -0.2) is 53.3 Å². The van der Waals surface area contributed by atoms with Crippen molar-refractivity contribution in [1.82, 2.24) is 4.90 Å². The maximum Gasteiger partial charge on any atom is 0.304 e. The molecule has 1 fully saturated rings. The van der Waals surface area contributed by atoms with Gasteiger partial charge in [0.15, 0.2) is 0 Å². The molecule has 88 valence electrons. The Hall–Kier alpha value is -0.290. The van der Waals surface area contributed by atoms with Gasteiger partial charge in [0.1, 0.15) is 0 Å². The number of piperidine rings is 1. The number of nitrogens with zero attached hydrogens (tertiary/aromatic N) is 1. The quantitative estimate of drug-likeness (QED) is 0.759. The number of alkyl halides is 1. The second kappa shape index (κ2) is 7.06. The van der Waals surface area contributed by atoms with E-state index in [1.165, 1.54) is 0 Å². The predicted molar refractivity (Wildman–Crippen MR) is 60.1 cm³/mol. The number of carbonyl (C=O) groups is 1. The summed E-state index contributed by atoms with van der Waals surface area (Å²) in [6.07, 6.45) is 2.44. The molecule has 5 heteroatoms. The normalized spacial score (nSPS) is 22.9. The predicted octanol–water partition coefficient (Wildman–Crippen LogP) is 1.63. The zero-order valence-corrected chi connectivity index (χ0v) is 9.64. The highest BCUT2D eigenvalue weighted by Gasteiger charge is 2.20. The highest BCUT2D eigenvalue weighted by molar-refractivity contribution is 7.99. The van der Waals surface area contributed by atoms with Crippen molar-refractivity contribution in [3.05, 3.63) is 0 Å². The summed E-state index contributed by atoms with van der Waals surface area (Å²) in [7, 11) is 0. The molecule has 0 saturated carbocycles. The topological polar surface area (TPSA) is 40.5 Å². The van der Waals surface area contributed by atoms with E-state index in [9.17, 15) is 9.18 Å². The summed E-state index contributed by atoms with van der Waals surface area (Å²) in [6, 6.07) is 0. The lowest BCUT2D eigenvalue weighted by Crippen LogP contribution is -2.38. The maximum absolute atomic E-state index is 12.0. The summed E-state index contributed by atoms with van der Waals surface area (Å²) in [5.74, 6) is -0.175. The van der Waals surface area contributed by atoms with Crippen molar-refractivity contribution < 1.29 is 14.3 Å². The first-order valence-corrected chi connectivity index (χ1v) is 6.39. The van der Waals surface area contributed by atoms with Gasteiger partial charge in [-0.3, -0.25) is 9.18 Å². The van der Waals surface area contributed by atoms with E-state index in [0.717, 1.165) is 25.9 Å². The summed E-state index contributed by atoms with van der Waals surface area (Å²) in [4.78, 5) is 12.6. The Balaban J connectivity index is 2.19. The van der Waals surface area contributed by atoms with Gasteiger partial charge in [0.2, 0.25) is 0 Å². The Morgan fingerprint density at radius 3 is 3.07 bits per heavy atom. The third-order valence-corrected chi connectivity index (χ3v) is 3.78. The number of likely N-dealkylation sites (tertiary alicyclic amines) is 1. The number of carboxylic acids is 1. The van der Waals surface area contributed by atoms with Crippen LogP contribution in [0.25, 0.3) is 0 Å². The smallest absolute Gasteiger partial charge is 0.304 e. The minimum atomic E-state index is -0.742. The number of hydrogen-bond acceptors (Lipinski definition) is 3. The molecule has 1 unspecified atom stereocenters. The van der Waals surface area contributed by atoms with Crippen LogP contribution in [0.1, 0.15) is 19.3 Å². The van der Waals surface area contributed by atoms with Crippen LogP contribution in [0.15, 0.2) is 0 Å². The van der Waals surface area contributed by atoms with Crippen molar-refractivity contribution in [1.29, 1.82) is 0 Å². The standard InChI is InChI=1S/C10H18FNO2S/c11-4-7-15-9-2-1-5-12(8-9)6-3-10(13)14/h9H,1-8H2,(H,13,14). The second-order valence-corrected chi connectivity index (χ2v) is 5.18. The lowest BCUT2D eigenvalue weighted by molar-refractivity contribution is -0.137. The minimum absolute atomic E-state index is 0.209. The summed E-state index contributed by atoms with van der Waals surface area (Å²) in [5, 5.41) is 9.06. The number of aliphatic carboxylic acids is 1. The van der Waals surface area contributed by atoms with Gasteiger partial charge in [-0.15, -0.1) is 0 Å². The van der Waals surface area contributed by atoms with Gasteiger partial charge in [-0.25, -0.2) is 0 Å². The fraction of sp³-hybridized carbons (Fsp3) is 0.900. The first kappa shape index (κ1) is 12.8. The molecule has 3 nitrogen and oxygen atoms in total. The summed E-state index contributed by atoms with van der Waals surface area (Å²) < 4.78 is 12.0. The second-order valence-electron chi connectivity index (χ2n) is 3.77. The molecule has 0 bridgehead atoms. The monoisotopic (exact) mass is 235 g/mol. The SMILES string of the molecule is O=C(O)CCN1CCCC(SCCF)C1. The Bertz CT molecular complexity index is 204. The van der Waals surface area contributed by atoms with Crippen LogP contribution in [0.2, 0.25) is 0 Å². The summed E-state index contributed by atoms with van der Waals surface area (Å²) in [5.41, 5.74) is 0. The number of halogens is 1. The fourth-order valence-corrected chi connectivity index (χ4v) is 2.89. The third-order valence-electron chi connectivity index (χ3n) is 2.53. The molecule has 1 aliphatic heterocycles. The molecule has 1 N–H and O–H groups in total.